The maximum atomic E-state index is 12.9. The molecule has 9 heteroatoms. The number of hydrogen-bond donors (Lipinski definition) is 0. The molecule has 1 atom stereocenters. The summed E-state index contributed by atoms with van der Waals surface area (Å²) in [5.74, 6) is 1.39. The van der Waals surface area contributed by atoms with E-state index in [0.717, 1.165) is 10.5 Å². The van der Waals surface area contributed by atoms with Crippen LogP contribution < -0.4 is 4.90 Å². The van der Waals surface area contributed by atoms with Gasteiger partial charge in [-0.1, -0.05) is 16.7 Å². The van der Waals surface area contributed by atoms with E-state index < -0.39 is 6.04 Å². The van der Waals surface area contributed by atoms with Gasteiger partial charge in [0.15, 0.2) is 0 Å². The first-order chi connectivity index (χ1) is 12.3. The van der Waals surface area contributed by atoms with Gasteiger partial charge in [-0.15, -0.1) is 5.10 Å². The number of likely N-dealkylation sites (N-methyl/N-ethyl adjacent to an activating group) is 1. The molecule has 0 radical (unpaired) electrons. The zero-order chi connectivity index (χ0) is 18.7. The van der Waals surface area contributed by atoms with E-state index in [-0.39, 0.29) is 18.0 Å². The number of hydrogen-bond acceptors (Lipinski definition) is 5. The van der Waals surface area contributed by atoms with Gasteiger partial charge in [0.05, 0.1) is 14.1 Å². The van der Waals surface area contributed by atoms with Crippen molar-refractivity contribution in [2.45, 2.75) is 25.9 Å². The van der Waals surface area contributed by atoms with Crippen molar-refractivity contribution >= 4 is 35.3 Å². The Balaban J connectivity index is 1.99. The van der Waals surface area contributed by atoms with Gasteiger partial charge in [-0.2, -0.15) is 9.47 Å². The van der Waals surface area contributed by atoms with E-state index in [9.17, 15) is 9.59 Å². The highest BCUT2D eigenvalue weighted by atomic mass is 35.5. The molecular weight excluding hydrogens is 356 g/mol. The molecule has 0 N–H and O–H groups in total. The van der Waals surface area contributed by atoms with Gasteiger partial charge in [0, 0.05) is 16.6 Å². The van der Waals surface area contributed by atoms with Gasteiger partial charge in [0.25, 0.3) is 5.95 Å². The van der Waals surface area contributed by atoms with Crippen LogP contribution in [-0.2, 0) is 4.79 Å². The minimum absolute atomic E-state index is 0.00234. The number of rotatable bonds is 2. The molecule has 3 heterocycles. The van der Waals surface area contributed by atoms with Crippen LogP contribution in [0.1, 0.15) is 13.8 Å². The lowest BCUT2D eigenvalue weighted by Gasteiger charge is -2.29. The predicted molar refractivity (Wildman–Crippen MR) is 96.6 cm³/mol. The van der Waals surface area contributed by atoms with Crippen LogP contribution >= 0.6 is 11.6 Å². The highest BCUT2D eigenvalue weighted by Crippen LogP contribution is 2.34. The maximum Gasteiger partial charge on any atom is 0.445 e. The maximum absolute atomic E-state index is 12.9. The Morgan fingerprint density at radius 2 is 1.81 bits per heavy atom. The van der Waals surface area contributed by atoms with E-state index in [1.807, 2.05) is 30.9 Å². The molecule has 26 heavy (non-hydrogen) atoms. The minimum Gasteiger partial charge on any atom is -0.303 e. The number of nitrogens with zero attached hydrogens (tertiary/aromatic N) is 6. The third kappa shape index (κ3) is 2.11. The summed E-state index contributed by atoms with van der Waals surface area (Å²) >= 11 is 5.98. The van der Waals surface area contributed by atoms with Gasteiger partial charge in [0.1, 0.15) is 0 Å². The largest absolute Gasteiger partial charge is 0.445 e. The molecule has 3 amide bonds. The Labute approximate surface area is 155 Å². The molecule has 134 valence electrons. The van der Waals surface area contributed by atoms with Crippen molar-refractivity contribution < 1.29 is 14.2 Å². The Kier molecular flexibility index (Phi) is 3.62. The summed E-state index contributed by atoms with van der Waals surface area (Å²) in [6.45, 7) is 3.96. The van der Waals surface area contributed by atoms with Crippen LogP contribution in [0.15, 0.2) is 24.3 Å². The second kappa shape index (κ2) is 5.63. The molecule has 0 bridgehead atoms. The van der Waals surface area contributed by atoms with Gasteiger partial charge in [-0.25, -0.2) is 9.37 Å². The average molecular weight is 374 g/mol. The quantitative estimate of drug-likeness (QED) is 0.749. The topological polar surface area (TPSA) is 74.3 Å². The molecule has 4 rings (SSSR count). The molecule has 0 fully saturated rings. The van der Waals surface area contributed by atoms with Gasteiger partial charge < -0.3 is 4.90 Å². The number of fused-ring (bicyclic) bond motifs is 3. The summed E-state index contributed by atoms with van der Waals surface area (Å²) in [4.78, 5) is 28.4. The van der Waals surface area contributed by atoms with Gasteiger partial charge in [-0.3, -0.25) is 4.79 Å². The standard InChI is InChI=1S/C17H18ClN6O2/c1-9(2)23-12-14(21(3)17(26)22(4)15(12)25)24-13(19-20-16(23)24)10-5-7-11(18)8-6-10/h5-9,12H,1-4H3/q+1. The lowest BCUT2D eigenvalue weighted by molar-refractivity contribution is -0.407. The van der Waals surface area contributed by atoms with E-state index >= 15 is 0 Å². The third-order valence-electron chi connectivity index (χ3n) is 4.77. The third-order valence-corrected chi connectivity index (χ3v) is 5.02. The number of anilines is 1. The first kappa shape index (κ1) is 16.7. The lowest BCUT2D eigenvalue weighted by Crippen LogP contribution is -2.60. The molecule has 1 unspecified atom stereocenters. The Hall–Kier alpha value is -2.74. The second-order valence-electron chi connectivity index (χ2n) is 6.67. The van der Waals surface area contributed by atoms with Crippen molar-refractivity contribution in [3.63, 3.8) is 0 Å². The van der Waals surface area contributed by atoms with Gasteiger partial charge in [-0.05, 0) is 38.1 Å². The zero-order valence-corrected chi connectivity index (χ0v) is 15.6. The number of halogens is 1. The predicted octanol–water partition coefficient (Wildman–Crippen LogP) is 1.68. The molecule has 0 aliphatic carbocycles. The molecule has 2 aliphatic heterocycles. The van der Waals surface area contributed by atoms with Crippen molar-refractivity contribution in [3.05, 3.63) is 29.3 Å². The van der Waals surface area contributed by atoms with Crippen molar-refractivity contribution in [3.8, 4) is 11.4 Å². The fourth-order valence-electron chi connectivity index (χ4n) is 3.49. The summed E-state index contributed by atoms with van der Waals surface area (Å²) in [5, 5.41) is 9.24. The number of carbonyl (C=O) groups is 2. The van der Waals surface area contributed by atoms with Crippen LogP contribution in [0.5, 0.6) is 0 Å². The van der Waals surface area contributed by atoms with Crippen molar-refractivity contribution in [1.29, 1.82) is 0 Å². The fourth-order valence-corrected chi connectivity index (χ4v) is 3.62. The number of benzene rings is 1. The monoisotopic (exact) mass is 373 g/mol. The number of aromatic nitrogens is 3. The molecule has 1 aromatic heterocycles. The number of carbonyl (C=O) groups excluding carboxylic acids is 2. The molecule has 0 saturated heterocycles. The van der Waals surface area contributed by atoms with E-state index in [2.05, 4.69) is 10.2 Å². The Bertz CT molecular complexity index is 962. The smallest absolute Gasteiger partial charge is 0.303 e. The summed E-state index contributed by atoms with van der Waals surface area (Å²) in [7, 11) is 3.16. The molecule has 0 saturated carbocycles. The van der Waals surface area contributed by atoms with E-state index in [1.54, 1.807) is 23.7 Å². The highest BCUT2D eigenvalue weighted by molar-refractivity contribution is 6.30. The van der Waals surface area contributed by atoms with E-state index in [1.165, 1.54) is 11.6 Å². The summed E-state index contributed by atoms with van der Waals surface area (Å²) in [5.41, 5.74) is 0.803. The van der Waals surface area contributed by atoms with Crippen LogP contribution in [-0.4, -0.2) is 68.2 Å². The highest BCUT2D eigenvalue weighted by Gasteiger charge is 2.56. The lowest BCUT2D eigenvalue weighted by atomic mass is 10.1. The molecule has 2 aliphatic rings. The molecule has 2 aromatic rings. The normalized spacial score (nSPS) is 19.5. The summed E-state index contributed by atoms with van der Waals surface area (Å²) in [6, 6.07) is 6.22. The summed E-state index contributed by atoms with van der Waals surface area (Å²) < 4.78 is 3.28. The zero-order valence-electron chi connectivity index (χ0n) is 14.8. The molecule has 8 nitrogen and oxygen atoms in total. The fraction of sp³-hybridized carbons (Fsp3) is 0.353. The first-order valence-corrected chi connectivity index (χ1v) is 8.63. The second-order valence-corrected chi connectivity index (χ2v) is 7.10. The molecule has 0 spiro atoms. The van der Waals surface area contributed by atoms with Crippen LogP contribution in [0, 0.1) is 0 Å². The van der Waals surface area contributed by atoms with Crippen LogP contribution in [0.4, 0.5) is 10.7 Å². The van der Waals surface area contributed by atoms with Crippen molar-refractivity contribution in [2.75, 3.05) is 19.0 Å². The number of urea groups is 1. The number of imide groups is 1. The average Bonchev–Trinajstić information content (AvgIpc) is 3.16. The Morgan fingerprint density at radius 3 is 2.42 bits per heavy atom. The Morgan fingerprint density at radius 1 is 1.15 bits per heavy atom. The van der Waals surface area contributed by atoms with E-state index in [0.29, 0.717) is 22.6 Å². The molecule has 1 aromatic carbocycles. The van der Waals surface area contributed by atoms with Crippen LogP contribution in [0.2, 0.25) is 5.02 Å². The first-order valence-electron chi connectivity index (χ1n) is 8.25. The van der Waals surface area contributed by atoms with Crippen molar-refractivity contribution in [1.82, 2.24) is 19.7 Å². The SMILES string of the molecule is CC(C)N1c2nnc(-c3ccc(Cl)cc3)n2C2=[N+](C)C(=O)N(C)C(=O)C21. The van der Waals surface area contributed by atoms with Gasteiger partial charge >= 0.3 is 11.9 Å². The summed E-state index contributed by atoms with van der Waals surface area (Å²) in [6.07, 6.45) is 0. The van der Waals surface area contributed by atoms with Crippen LogP contribution in [0.25, 0.3) is 11.4 Å². The van der Waals surface area contributed by atoms with Gasteiger partial charge in [0.2, 0.25) is 17.7 Å². The van der Waals surface area contributed by atoms with E-state index in [4.69, 9.17) is 11.6 Å². The van der Waals surface area contributed by atoms with Crippen LogP contribution in [0.3, 0.4) is 0 Å². The van der Waals surface area contributed by atoms with Crippen molar-refractivity contribution in [2.24, 2.45) is 0 Å². The molecular formula is C17H18ClN6O2+. The minimum atomic E-state index is -0.612. The number of amides is 3.